The second-order valence-electron chi connectivity index (χ2n) is 6.87. The van der Waals surface area contributed by atoms with Crippen LogP contribution in [0.3, 0.4) is 0 Å². The first kappa shape index (κ1) is 14.1. The van der Waals surface area contributed by atoms with Crippen molar-refractivity contribution in [3.8, 4) is 17.2 Å². The highest BCUT2D eigenvalue weighted by molar-refractivity contribution is 6.07. The number of nitrogens with one attached hydrogen (secondary N) is 1. The fourth-order valence-corrected chi connectivity index (χ4v) is 4.01. The zero-order chi connectivity index (χ0) is 16.6. The molecule has 0 aromatic heterocycles. The minimum Gasteiger partial charge on any atom is -0.504 e. The smallest absolute Gasteiger partial charge is 0.256 e. The van der Waals surface area contributed by atoms with Gasteiger partial charge in [-0.05, 0) is 37.5 Å². The van der Waals surface area contributed by atoms with Crippen LogP contribution in [-0.2, 0) is 9.47 Å². The van der Waals surface area contributed by atoms with Crippen LogP contribution in [0.25, 0.3) is 5.57 Å². The molecule has 0 unspecified atom stereocenters. The van der Waals surface area contributed by atoms with Crippen molar-refractivity contribution in [1.82, 2.24) is 5.32 Å². The van der Waals surface area contributed by atoms with E-state index in [2.05, 4.69) is 5.32 Å². The van der Waals surface area contributed by atoms with Crippen molar-refractivity contribution in [3.63, 3.8) is 0 Å². The molecule has 3 atom stereocenters. The molecule has 0 saturated carbocycles. The van der Waals surface area contributed by atoms with Gasteiger partial charge in [-0.1, -0.05) is 6.08 Å². The molecule has 3 aliphatic heterocycles. The molecule has 24 heavy (non-hydrogen) atoms. The Morgan fingerprint density at radius 1 is 1.29 bits per heavy atom. The SMILES string of the molecule is CC1(C)O[C@H]2[C@@H]3NC(=O)c4c(cc5c(c4O)OCO5)C3=CC[C@H]2O1. The number of aromatic hydroxyl groups is 1. The molecule has 1 aromatic rings. The number of hydrogen-bond donors (Lipinski definition) is 2. The number of carbonyl (C=O) groups excluding carboxylic acids is 1. The predicted octanol–water partition coefficient (Wildman–Crippen LogP) is 1.54. The van der Waals surface area contributed by atoms with E-state index in [0.29, 0.717) is 17.7 Å². The Morgan fingerprint density at radius 3 is 2.96 bits per heavy atom. The van der Waals surface area contributed by atoms with Gasteiger partial charge in [-0.25, -0.2) is 0 Å². The van der Waals surface area contributed by atoms with Crippen LogP contribution in [-0.4, -0.2) is 41.8 Å². The predicted molar refractivity (Wildman–Crippen MR) is 81.9 cm³/mol. The van der Waals surface area contributed by atoms with Crippen LogP contribution in [0.4, 0.5) is 0 Å². The molecule has 1 fully saturated rings. The van der Waals surface area contributed by atoms with Crippen LogP contribution in [0.1, 0.15) is 36.2 Å². The van der Waals surface area contributed by atoms with E-state index in [1.165, 1.54) is 0 Å². The number of phenolic OH excluding ortho intramolecular Hbond substituents is 1. The van der Waals surface area contributed by atoms with Crippen LogP contribution < -0.4 is 14.8 Å². The van der Waals surface area contributed by atoms with Gasteiger partial charge in [0.1, 0.15) is 6.10 Å². The van der Waals surface area contributed by atoms with E-state index in [0.717, 1.165) is 5.57 Å². The first-order chi connectivity index (χ1) is 11.4. The zero-order valence-corrected chi connectivity index (χ0v) is 13.3. The van der Waals surface area contributed by atoms with Crippen LogP contribution >= 0.6 is 0 Å². The third kappa shape index (κ3) is 1.76. The van der Waals surface area contributed by atoms with Gasteiger partial charge in [0.15, 0.2) is 17.3 Å². The molecule has 0 bridgehead atoms. The lowest BCUT2D eigenvalue weighted by Gasteiger charge is -2.37. The van der Waals surface area contributed by atoms with Crippen molar-refractivity contribution in [3.05, 3.63) is 23.3 Å². The van der Waals surface area contributed by atoms with E-state index in [-0.39, 0.29) is 48.0 Å². The minimum absolute atomic E-state index is 0.0335. The van der Waals surface area contributed by atoms with Crippen LogP contribution in [0.2, 0.25) is 0 Å². The van der Waals surface area contributed by atoms with E-state index in [1.54, 1.807) is 6.07 Å². The molecule has 7 heteroatoms. The van der Waals surface area contributed by atoms with Gasteiger partial charge in [0, 0.05) is 0 Å². The summed E-state index contributed by atoms with van der Waals surface area (Å²) in [4.78, 5) is 12.6. The summed E-state index contributed by atoms with van der Waals surface area (Å²) in [5.41, 5.74) is 1.80. The Labute approximate surface area is 138 Å². The summed E-state index contributed by atoms with van der Waals surface area (Å²) in [7, 11) is 0. The number of rotatable bonds is 0. The lowest BCUT2D eigenvalue weighted by Crippen LogP contribution is -2.52. The largest absolute Gasteiger partial charge is 0.504 e. The topological polar surface area (TPSA) is 86.3 Å². The summed E-state index contributed by atoms with van der Waals surface area (Å²) in [6, 6.07) is 1.45. The standard InChI is InChI=1S/C17H17NO6/c1-17(2)23-9-4-3-7-8-5-10-15(22-6-21-10)13(19)11(8)16(20)18-12(7)14(9)24-17/h3,5,9,12,14,19H,4,6H2,1-2H3,(H,18,20)/t9-,12-,14-/m1/s1. The highest BCUT2D eigenvalue weighted by Gasteiger charge is 2.50. The lowest BCUT2D eigenvalue weighted by molar-refractivity contribution is -0.146. The molecule has 126 valence electrons. The molecule has 2 N–H and O–H groups in total. The van der Waals surface area contributed by atoms with Crippen molar-refractivity contribution >= 4 is 11.5 Å². The fourth-order valence-electron chi connectivity index (χ4n) is 4.01. The molecule has 1 aromatic carbocycles. The third-order valence-corrected chi connectivity index (χ3v) is 4.92. The molecule has 1 saturated heterocycles. The molecule has 1 aliphatic carbocycles. The van der Waals surface area contributed by atoms with Crippen LogP contribution in [0, 0.1) is 0 Å². The number of carbonyl (C=O) groups is 1. The van der Waals surface area contributed by atoms with Crippen molar-refractivity contribution in [2.24, 2.45) is 0 Å². The van der Waals surface area contributed by atoms with Gasteiger partial charge in [-0.15, -0.1) is 0 Å². The van der Waals surface area contributed by atoms with E-state index in [4.69, 9.17) is 18.9 Å². The van der Waals surface area contributed by atoms with Gasteiger partial charge >= 0.3 is 0 Å². The first-order valence-electron chi connectivity index (χ1n) is 7.97. The number of phenols is 1. The minimum atomic E-state index is -0.680. The Hall–Kier alpha value is -2.25. The van der Waals surface area contributed by atoms with Crippen molar-refractivity contribution in [1.29, 1.82) is 0 Å². The number of ether oxygens (including phenoxy) is 4. The number of fused-ring (bicyclic) bond motifs is 6. The average Bonchev–Trinajstić information content (AvgIpc) is 3.10. The normalized spacial score (nSPS) is 31.7. The Morgan fingerprint density at radius 2 is 2.12 bits per heavy atom. The van der Waals surface area contributed by atoms with Crippen molar-refractivity contribution in [2.75, 3.05) is 6.79 Å². The van der Waals surface area contributed by atoms with E-state index in [1.807, 2.05) is 19.9 Å². The molecule has 1 amide bonds. The average molecular weight is 331 g/mol. The lowest BCUT2D eigenvalue weighted by atomic mass is 9.80. The first-order valence-corrected chi connectivity index (χ1v) is 7.97. The fraction of sp³-hybridized carbons (Fsp3) is 0.471. The quantitative estimate of drug-likeness (QED) is 0.750. The van der Waals surface area contributed by atoms with Gasteiger partial charge in [0.05, 0.1) is 17.7 Å². The number of hydrogen-bond acceptors (Lipinski definition) is 6. The molecule has 0 radical (unpaired) electrons. The van der Waals surface area contributed by atoms with Crippen LogP contribution in [0.5, 0.6) is 17.2 Å². The molecule has 0 spiro atoms. The summed E-state index contributed by atoms with van der Waals surface area (Å²) in [5.74, 6) is -0.537. The van der Waals surface area contributed by atoms with Gasteiger partial charge in [-0.3, -0.25) is 4.79 Å². The van der Waals surface area contributed by atoms with Crippen molar-refractivity contribution < 1.29 is 28.8 Å². The second kappa shape index (κ2) is 4.43. The van der Waals surface area contributed by atoms with Crippen molar-refractivity contribution in [2.45, 2.75) is 44.3 Å². The van der Waals surface area contributed by atoms with E-state index < -0.39 is 5.79 Å². The number of amides is 1. The third-order valence-electron chi connectivity index (χ3n) is 4.92. The van der Waals surface area contributed by atoms with Gasteiger partial charge in [-0.2, -0.15) is 0 Å². The Balaban J connectivity index is 1.65. The highest BCUT2D eigenvalue weighted by atomic mass is 16.8. The maximum absolute atomic E-state index is 12.6. The Bertz CT molecular complexity index is 799. The molecule has 5 rings (SSSR count). The summed E-state index contributed by atoms with van der Waals surface area (Å²) >= 11 is 0. The second-order valence-corrected chi connectivity index (χ2v) is 6.87. The summed E-state index contributed by atoms with van der Waals surface area (Å²) in [5, 5.41) is 13.4. The Kier molecular flexibility index (Phi) is 2.61. The maximum Gasteiger partial charge on any atom is 0.256 e. The summed E-state index contributed by atoms with van der Waals surface area (Å²) in [6.07, 6.45) is 2.36. The van der Waals surface area contributed by atoms with E-state index in [9.17, 15) is 9.90 Å². The molecular formula is C17H17NO6. The summed E-state index contributed by atoms with van der Waals surface area (Å²) < 4.78 is 22.6. The number of benzene rings is 1. The molecule has 4 aliphatic rings. The molecule has 7 nitrogen and oxygen atoms in total. The highest BCUT2D eigenvalue weighted by Crippen LogP contribution is 2.50. The maximum atomic E-state index is 12.6. The molecular weight excluding hydrogens is 314 g/mol. The molecule has 3 heterocycles. The summed E-state index contributed by atoms with van der Waals surface area (Å²) in [6.45, 7) is 3.77. The van der Waals surface area contributed by atoms with Crippen LogP contribution in [0.15, 0.2) is 12.1 Å². The van der Waals surface area contributed by atoms with Gasteiger partial charge in [0.25, 0.3) is 5.91 Å². The monoisotopic (exact) mass is 331 g/mol. The van der Waals surface area contributed by atoms with Gasteiger partial charge in [0.2, 0.25) is 12.5 Å². The zero-order valence-electron chi connectivity index (χ0n) is 13.3. The van der Waals surface area contributed by atoms with Gasteiger partial charge < -0.3 is 29.4 Å². The van der Waals surface area contributed by atoms with E-state index >= 15 is 0 Å².